The zero-order valence-corrected chi connectivity index (χ0v) is 15.1. The molecule has 2 rings (SSSR count). The highest BCUT2D eigenvalue weighted by Crippen LogP contribution is 2.23. The minimum atomic E-state index is -3.72. The van der Waals surface area contributed by atoms with Crippen molar-refractivity contribution >= 4 is 21.7 Å². The second kappa shape index (κ2) is 7.59. The number of methoxy groups -OCH3 is 1. The Balaban J connectivity index is 2.18. The van der Waals surface area contributed by atoms with Crippen molar-refractivity contribution in [2.75, 3.05) is 30.3 Å². The fourth-order valence-corrected chi connectivity index (χ4v) is 3.99. The highest BCUT2D eigenvalue weighted by molar-refractivity contribution is 7.92. The Morgan fingerprint density at radius 3 is 2.17 bits per heavy atom. The quantitative estimate of drug-likeness (QED) is 0.744. The van der Waals surface area contributed by atoms with Crippen LogP contribution in [-0.2, 0) is 14.8 Å². The van der Waals surface area contributed by atoms with Crippen molar-refractivity contribution in [2.24, 2.45) is 0 Å². The number of anilines is 2. The average Bonchev–Trinajstić information content (AvgIpc) is 2.47. The topological polar surface area (TPSA) is 93.2 Å². The number of benzene rings is 1. The van der Waals surface area contributed by atoms with Gasteiger partial charge in [0.2, 0.25) is 0 Å². The summed E-state index contributed by atoms with van der Waals surface area (Å²) in [4.78, 5) is 0.275. The summed E-state index contributed by atoms with van der Waals surface area (Å²) < 4.78 is 32.7. The van der Waals surface area contributed by atoms with Crippen LogP contribution >= 0.6 is 0 Å². The summed E-state index contributed by atoms with van der Waals surface area (Å²) in [6.45, 7) is 6.64. The summed E-state index contributed by atoms with van der Waals surface area (Å²) in [5.41, 5.74) is 2.42. The van der Waals surface area contributed by atoms with Crippen molar-refractivity contribution in [3.8, 4) is 0 Å². The van der Waals surface area contributed by atoms with E-state index in [0.717, 1.165) is 5.56 Å². The Bertz CT molecular complexity index is 782. The van der Waals surface area contributed by atoms with Gasteiger partial charge in [-0.05, 0) is 44.0 Å². The molecule has 24 heavy (non-hydrogen) atoms. The molecule has 130 valence electrons. The van der Waals surface area contributed by atoms with Gasteiger partial charge in [0.15, 0.2) is 5.82 Å². The number of hydrogen-bond donors (Lipinski definition) is 2. The van der Waals surface area contributed by atoms with Crippen LogP contribution in [-0.4, -0.2) is 38.9 Å². The monoisotopic (exact) mass is 350 g/mol. The van der Waals surface area contributed by atoms with Gasteiger partial charge in [-0.1, -0.05) is 17.7 Å². The molecule has 0 amide bonds. The summed E-state index contributed by atoms with van der Waals surface area (Å²) in [5.74, 6) is 0.726. The SMILES string of the molecule is COCCNc1ccc(NS(=O)(=O)c2c(C)cc(C)cc2C)nn1. The maximum absolute atomic E-state index is 12.6. The predicted octanol–water partition coefficient (Wildman–Crippen LogP) is 2.26. The van der Waals surface area contributed by atoms with E-state index in [0.29, 0.717) is 30.1 Å². The maximum atomic E-state index is 12.6. The number of ether oxygens (including phenoxy) is 1. The summed E-state index contributed by atoms with van der Waals surface area (Å²) in [7, 11) is -2.11. The van der Waals surface area contributed by atoms with Crippen LogP contribution in [0.15, 0.2) is 29.2 Å². The van der Waals surface area contributed by atoms with Gasteiger partial charge in [-0.25, -0.2) is 8.42 Å². The molecule has 1 aromatic carbocycles. The summed E-state index contributed by atoms with van der Waals surface area (Å²) in [5, 5.41) is 10.9. The minimum absolute atomic E-state index is 0.173. The van der Waals surface area contributed by atoms with E-state index in [1.807, 2.05) is 19.1 Å². The van der Waals surface area contributed by atoms with Crippen LogP contribution in [0.4, 0.5) is 11.6 Å². The lowest BCUT2D eigenvalue weighted by Gasteiger charge is -2.13. The molecule has 2 N–H and O–H groups in total. The lowest BCUT2D eigenvalue weighted by molar-refractivity contribution is 0.210. The molecule has 0 aliphatic carbocycles. The molecule has 0 atom stereocenters. The van der Waals surface area contributed by atoms with Crippen LogP contribution in [0.5, 0.6) is 0 Å². The van der Waals surface area contributed by atoms with Crippen LogP contribution in [0, 0.1) is 20.8 Å². The van der Waals surface area contributed by atoms with Crippen LogP contribution in [0.2, 0.25) is 0 Å². The second-order valence-electron chi connectivity index (χ2n) is 5.56. The Morgan fingerprint density at radius 1 is 1.04 bits per heavy atom. The molecule has 0 spiro atoms. The molecule has 1 aromatic heterocycles. The number of nitrogens with zero attached hydrogens (tertiary/aromatic N) is 2. The molecule has 0 aliphatic rings. The van der Waals surface area contributed by atoms with Crippen molar-refractivity contribution in [3.63, 3.8) is 0 Å². The molecular weight excluding hydrogens is 328 g/mol. The molecular formula is C16H22N4O3S. The summed E-state index contributed by atoms with van der Waals surface area (Å²) >= 11 is 0. The summed E-state index contributed by atoms with van der Waals surface area (Å²) in [6.07, 6.45) is 0. The van der Waals surface area contributed by atoms with Gasteiger partial charge in [0, 0.05) is 13.7 Å². The molecule has 0 bridgehead atoms. The fourth-order valence-electron chi connectivity index (χ4n) is 2.54. The molecule has 0 saturated heterocycles. The van der Waals surface area contributed by atoms with E-state index in [1.54, 1.807) is 33.1 Å². The predicted molar refractivity (Wildman–Crippen MR) is 93.9 cm³/mol. The zero-order valence-electron chi connectivity index (χ0n) is 14.3. The Hall–Kier alpha value is -2.19. The number of aryl methyl sites for hydroxylation is 3. The Morgan fingerprint density at radius 2 is 1.62 bits per heavy atom. The van der Waals surface area contributed by atoms with Crippen LogP contribution in [0.3, 0.4) is 0 Å². The van der Waals surface area contributed by atoms with Crippen molar-refractivity contribution < 1.29 is 13.2 Å². The van der Waals surface area contributed by atoms with Gasteiger partial charge in [0.1, 0.15) is 5.82 Å². The third-order valence-corrected chi connectivity index (χ3v) is 5.05. The second-order valence-corrected chi connectivity index (χ2v) is 7.18. The number of rotatable bonds is 7. The first-order valence-electron chi connectivity index (χ1n) is 7.50. The molecule has 2 aromatic rings. The molecule has 0 radical (unpaired) electrons. The van der Waals surface area contributed by atoms with E-state index in [-0.39, 0.29) is 10.7 Å². The van der Waals surface area contributed by atoms with Gasteiger partial charge in [-0.2, -0.15) is 0 Å². The van der Waals surface area contributed by atoms with E-state index in [4.69, 9.17) is 4.74 Å². The number of aromatic nitrogens is 2. The highest BCUT2D eigenvalue weighted by Gasteiger charge is 2.20. The highest BCUT2D eigenvalue weighted by atomic mass is 32.2. The first kappa shape index (κ1) is 18.2. The van der Waals surface area contributed by atoms with Gasteiger partial charge < -0.3 is 10.1 Å². The number of nitrogens with one attached hydrogen (secondary N) is 2. The first-order valence-corrected chi connectivity index (χ1v) is 8.99. The van der Waals surface area contributed by atoms with Crippen molar-refractivity contribution in [1.29, 1.82) is 0 Å². The van der Waals surface area contributed by atoms with Gasteiger partial charge in [-0.15, -0.1) is 10.2 Å². The Labute approximate surface area is 142 Å². The van der Waals surface area contributed by atoms with Crippen molar-refractivity contribution in [1.82, 2.24) is 10.2 Å². The fraction of sp³-hybridized carbons (Fsp3) is 0.375. The molecule has 7 nitrogen and oxygen atoms in total. The lowest BCUT2D eigenvalue weighted by atomic mass is 10.1. The lowest BCUT2D eigenvalue weighted by Crippen LogP contribution is -2.17. The number of sulfonamides is 1. The Kier molecular flexibility index (Phi) is 5.74. The smallest absolute Gasteiger partial charge is 0.263 e. The largest absolute Gasteiger partial charge is 0.383 e. The third kappa shape index (κ3) is 4.42. The standard InChI is InChI=1S/C16H22N4O3S/c1-11-9-12(2)16(13(3)10-11)24(21,22)20-15-6-5-14(18-19-15)17-7-8-23-4/h5-6,9-10H,7-8H2,1-4H3,(H,17,18)(H,19,20). The first-order chi connectivity index (χ1) is 11.3. The van der Waals surface area contributed by atoms with Gasteiger partial charge in [0.25, 0.3) is 10.0 Å². The summed E-state index contributed by atoms with van der Waals surface area (Å²) in [6, 6.07) is 6.92. The molecule has 0 fully saturated rings. The van der Waals surface area contributed by atoms with Crippen LogP contribution in [0.1, 0.15) is 16.7 Å². The van der Waals surface area contributed by atoms with Crippen LogP contribution < -0.4 is 10.0 Å². The molecule has 1 heterocycles. The average molecular weight is 350 g/mol. The van der Waals surface area contributed by atoms with Gasteiger partial charge >= 0.3 is 0 Å². The molecule has 0 aliphatic heterocycles. The van der Waals surface area contributed by atoms with Crippen molar-refractivity contribution in [3.05, 3.63) is 41.0 Å². The van der Waals surface area contributed by atoms with Gasteiger partial charge in [0.05, 0.1) is 11.5 Å². The van der Waals surface area contributed by atoms with Crippen molar-refractivity contribution in [2.45, 2.75) is 25.7 Å². The minimum Gasteiger partial charge on any atom is -0.383 e. The third-order valence-electron chi connectivity index (χ3n) is 3.39. The molecule has 0 saturated carbocycles. The normalized spacial score (nSPS) is 11.3. The van der Waals surface area contributed by atoms with Crippen LogP contribution in [0.25, 0.3) is 0 Å². The van der Waals surface area contributed by atoms with E-state index >= 15 is 0 Å². The number of hydrogen-bond acceptors (Lipinski definition) is 6. The van der Waals surface area contributed by atoms with Gasteiger partial charge in [-0.3, -0.25) is 4.72 Å². The molecule has 8 heteroatoms. The van der Waals surface area contributed by atoms with E-state index < -0.39 is 10.0 Å². The molecule has 0 unspecified atom stereocenters. The zero-order chi connectivity index (χ0) is 17.7. The van der Waals surface area contributed by atoms with E-state index in [9.17, 15) is 8.42 Å². The van der Waals surface area contributed by atoms with E-state index in [2.05, 4.69) is 20.2 Å². The van der Waals surface area contributed by atoms with E-state index in [1.165, 1.54) is 0 Å². The maximum Gasteiger partial charge on any atom is 0.263 e.